The summed E-state index contributed by atoms with van der Waals surface area (Å²) in [6.07, 6.45) is 2.91. The highest BCUT2D eigenvalue weighted by Crippen LogP contribution is 2.24. The van der Waals surface area contributed by atoms with Gasteiger partial charge in [-0.05, 0) is 17.7 Å². The molecule has 0 aliphatic rings. The average Bonchev–Trinajstić information content (AvgIpc) is 2.77. The second-order valence-corrected chi connectivity index (χ2v) is 4.41. The molecule has 0 unspecified atom stereocenters. The van der Waals surface area contributed by atoms with E-state index in [1.165, 1.54) is 17.1 Å². The first-order valence-corrected chi connectivity index (χ1v) is 5.73. The molecule has 1 heterocycles. The quantitative estimate of drug-likeness (QED) is 0.929. The summed E-state index contributed by atoms with van der Waals surface area (Å²) in [6, 6.07) is 6.93. The molecular weight excluding hydrogens is 260 g/mol. The maximum atomic E-state index is 13.3. The number of hydrogen-bond donors (Lipinski definition) is 1. The number of aromatic nitrogens is 2. The summed E-state index contributed by atoms with van der Waals surface area (Å²) in [5.74, 6) is -2.94. The molecule has 0 aliphatic carbocycles. The van der Waals surface area contributed by atoms with E-state index in [-0.39, 0.29) is 0 Å². The number of benzene rings is 1. The van der Waals surface area contributed by atoms with Gasteiger partial charge in [-0.3, -0.25) is 0 Å². The van der Waals surface area contributed by atoms with Crippen molar-refractivity contribution >= 4 is 11.6 Å². The molecule has 6 heteroatoms. The van der Waals surface area contributed by atoms with Crippen LogP contribution < -0.4 is 5.73 Å². The van der Waals surface area contributed by atoms with Crippen molar-refractivity contribution in [2.24, 2.45) is 5.73 Å². The molecule has 0 saturated carbocycles. The van der Waals surface area contributed by atoms with E-state index in [9.17, 15) is 8.78 Å². The van der Waals surface area contributed by atoms with E-state index >= 15 is 0 Å². The largest absolute Gasteiger partial charge is 0.325 e. The first-order chi connectivity index (χ1) is 8.52. The van der Waals surface area contributed by atoms with Gasteiger partial charge in [-0.15, -0.1) is 0 Å². The number of rotatable bonds is 4. The van der Waals surface area contributed by atoms with Gasteiger partial charge < -0.3 is 10.3 Å². The van der Waals surface area contributed by atoms with E-state index < -0.39 is 19.0 Å². The van der Waals surface area contributed by atoms with Gasteiger partial charge in [-0.1, -0.05) is 23.7 Å². The Morgan fingerprint density at radius 3 is 2.56 bits per heavy atom. The van der Waals surface area contributed by atoms with E-state index in [1.54, 1.807) is 24.3 Å². The number of nitrogens with zero attached hydrogens (tertiary/aromatic N) is 2. The normalized spacial score (nSPS) is 11.8. The van der Waals surface area contributed by atoms with Crippen LogP contribution in [0, 0.1) is 0 Å². The van der Waals surface area contributed by atoms with Crippen molar-refractivity contribution in [3.05, 3.63) is 41.8 Å². The molecule has 0 amide bonds. The fraction of sp³-hybridized carbons (Fsp3) is 0.250. The van der Waals surface area contributed by atoms with Gasteiger partial charge in [-0.25, -0.2) is 13.8 Å². The summed E-state index contributed by atoms with van der Waals surface area (Å²) in [5.41, 5.74) is 6.42. The van der Waals surface area contributed by atoms with Crippen molar-refractivity contribution in [1.82, 2.24) is 9.55 Å². The monoisotopic (exact) mass is 271 g/mol. The Bertz CT molecular complexity index is 522. The Balaban J connectivity index is 2.30. The van der Waals surface area contributed by atoms with Gasteiger partial charge >= 0.3 is 0 Å². The molecular formula is C12H12ClF2N3. The third kappa shape index (κ3) is 2.86. The Hall–Kier alpha value is -1.46. The third-order valence-electron chi connectivity index (χ3n) is 2.55. The smallest absolute Gasteiger partial charge is 0.277 e. The summed E-state index contributed by atoms with van der Waals surface area (Å²) in [4.78, 5) is 3.90. The fourth-order valence-corrected chi connectivity index (χ4v) is 1.75. The maximum Gasteiger partial charge on any atom is 0.277 e. The van der Waals surface area contributed by atoms with Gasteiger partial charge in [0.25, 0.3) is 5.92 Å². The molecule has 0 saturated heterocycles. The lowest BCUT2D eigenvalue weighted by Gasteiger charge is -2.16. The summed E-state index contributed by atoms with van der Waals surface area (Å²) in [6.45, 7) is -1.17. The zero-order valence-corrected chi connectivity index (χ0v) is 10.2. The van der Waals surface area contributed by atoms with E-state index in [2.05, 4.69) is 4.98 Å². The predicted octanol–water partition coefficient (Wildman–Crippen LogP) is 2.80. The van der Waals surface area contributed by atoms with Crippen molar-refractivity contribution in [3.63, 3.8) is 0 Å². The number of hydrogen-bond acceptors (Lipinski definition) is 2. The molecule has 1 aromatic carbocycles. The Morgan fingerprint density at radius 1 is 1.28 bits per heavy atom. The number of imidazole rings is 1. The third-order valence-corrected chi connectivity index (χ3v) is 2.80. The van der Waals surface area contributed by atoms with Gasteiger partial charge in [0.05, 0.1) is 31.3 Å². The fourth-order valence-electron chi connectivity index (χ4n) is 1.62. The van der Waals surface area contributed by atoms with Crippen molar-refractivity contribution < 1.29 is 8.78 Å². The predicted molar refractivity (Wildman–Crippen MR) is 66.7 cm³/mol. The molecule has 0 fully saturated rings. The van der Waals surface area contributed by atoms with Crippen LogP contribution >= 0.6 is 11.6 Å². The van der Waals surface area contributed by atoms with Crippen LogP contribution in [0.3, 0.4) is 0 Å². The highest BCUT2D eigenvalue weighted by molar-refractivity contribution is 6.30. The molecule has 0 aliphatic heterocycles. The van der Waals surface area contributed by atoms with Crippen LogP contribution in [-0.4, -0.2) is 22.0 Å². The van der Waals surface area contributed by atoms with Crippen LogP contribution in [0.25, 0.3) is 11.3 Å². The Morgan fingerprint density at radius 2 is 1.94 bits per heavy atom. The topological polar surface area (TPSA) is 43.8 Å². The van der Waals surface area contributed by atoms with Crippen LogP contribution in [0.5, 0.6) is 0 Å². The lowest BCUT2D eigenvalue weighted by atomic mass is 10.1. The molecule has 2 aromatic rings. The molecule has 2 N–H and O–H groups in total. The summed E-state index contributed by atoms with van der Waals surface area (Å²) < 4.78 is 27.9. The molecule has 0 atom stereocenters. The zero-order valence-electron chi connectivity index (χ0n) is 9.48. The Labute approximate surface area is 108 Å². The molecule has 3 nitrogen and oxygen atoms in total. The lowest BCUT2D eigenvalue weighted by Crippen LogP contribution is -2.32. The summed E-state index contributed by atoms with van der Waals surface area (Å²) in [7, 11) is 0. The van der Waals surface area contributed by atoms with Crippen molar-refractivity contribution in [3.8, 4) is 11.3 Å². The average molecular weight is 272 g/mol. The van der Waals surface area contributed by atoms with Gasteiger partial charge in [0.15, 0.2) is 0 Å². The molecule has 96 valence electrons. The summed E-state index contributed by atoms with van der Waals surface area (Å²) >= 11 is 5.78. The van der Waals surface area contributed by atoms with Crippen LogP contribution in [-0.2, 0) is 6.54 Å². The standard InChI is InChI=1S/C12H12ClF2N3/c13-10-3-1-9(2-4-10)11-5-17-8-18(11)7-12(14,15)6-16/h1-5,8H,6-7,16H2. The van der Waals surface area contributed by atoms with Gasteiger partial charge in [0.2, 0.25) is 0 Å². The molecule has 2 rings (SSSR count). The number of nitrogens with two attached hydrogens (primary N) is 1. The summed E-state index contributed by atoms with van der Waals surface area (Å²) in [5, 5.41) is 0.595. The molecule has 18 heavy (non-hydrogen) atoms. The second kappa shape index (κ2) is 5.04. The first kappa shape index (κ1) is 13.0. The van der Waals surface area contributed by atoms with Crippen molar-refractivity contribution in [2.75, 3.05) is 6.54 Å². The van der Waals surface area contributed by atoms with Crippen LogP contribution in [0.15, 0.2) is 36.8 Å². The van der Waals surface area contributed by atoms with Crippen LogP contribution in [0.1, 0.15) is 0 Å². The lowest BCUT2D eigenvalue weighted by molar-refractivity contribution is -0.00624. The SMILES string of the molecule is NCC(F)(F)Cn1cncc1-c1ccc(Cl)cc1. The number of alkyl halides is 2. The van der Waals surface area contributed by atoms with Crippen molar-refractivity contribution in [2.45, 2.75) is 12.5 Å². The van der Waals surface area contributed by atoms with Gasteiger partial charge in [-0.2, -0.15) is 0 Å². The molecule has 1 aromatic heterocycles. The van der Waals surface area contributed by atoms with E-state index in [4.69, 9.17) is 17.3 Å². The minimum absolute atomic E-state index is 0.485. The second-order valence-electron chi connectivity index (χ2n) is 3.97. The maximum absolute atomic E-state index is 13.3. The first-order valence-electron chi connectivity index (χ1n) is 5.36. The minimum atomic E-state index is -2.94. The highest BCUT2D eigenvalue weighted by Gasteiger charge is 2.28. The minimum Gasteiger partial charge on any atom is -0.325 e. The van der Waals surface area contributed by atoms with Crippen molar-refractivity contribution in [1.29, 1.82) is 0 Å². The van der Waals surface area contributed by atoms with Gasteiger partial charge in [0, 0.05) is 5.02 Å². The van der Waals surface area contributed by atoms with E-state index in [0.717, 1.165) is 5.56 Å². The van der Waals surface area contributed by atoms with Crippen LogP contribution in [0.4, 0.5) is 8.78 Å². The molecule has 0 bridgehead atoms. The molecule has 0 radical (unpaired) electrons. The number of halogens is 3. The van der Waals surface area contributed by atoms with Crippen LogP contribution in [0.2, 0.25) is 5.02 Å². The van der Waals surface area contributed by atoms with Gasteiger partial charge in [0.1, 0.15) is 0 Å². The Kier molecular flexibility index (Phi) is 3.63. The van der Waals surface area contributed by atoms with E-state index in [0.29, 0.717) is 10.7 Å². The highest BCUT2D eigenvalue weighted by atomic mass is 35.5. The zero-order chi connectivity index (χ0) is 13.2. The van der Waals surface area contributed by atoms with E-state index in [1.807, 2.05) is 0 Å². The molecule has 0 spiro atoms.